The highest BCUT2D eigenvalue weighted by atomic mass is 32.2. The second-order valence-electron chi connectivity index (χ2n) is 3.85. The monoisotopic (exact) mass is 266 g/mol. The zero-order valence-corrected chi connectivity index (χ0v) is 11.0. The standard InChI is InChI=1S/C11H14N4O2S/c1-3-9-4-6-10(7-5-9)18(16,17)15-11-12-8(2)13-14-11/h4-7H,3H2,1-2H3,(H2,12,13,14,15). The van der Waals surface area contributed by atoms with Gasteiger partial charge in [0.25, 0.3) is 16.0 Å². The van der Waals surface area contributed by atoms with Gasteiger partial charge in [0.15, 0.2) is 0 Å². The Labute approximate surface area is 106 Å². The second-order valence-corrected chi connectivity index (χ2v) is 5.53. The number of H-pyrrole nitrogens is 1. The molecule has 6 nitrogen and oxygen atoms in total. The molecule has 0 aliphatic rings. The Hall–Kier alpha value is -1.89. The second kappa shape index (κ2) is 4.77. The average molecular weight is 266 g/mol. The van der Waals surface area contributed by atoms with E-state index in [0.717, 1.165) is 12.0 Å². The van der Waals surface area contributed by atoms with Gasteiger partial charge in [-0.15, -0.1) is 5.10 Å². The van der Waals surface area contributed by atoms with Crippen LogP contribution in [0.5, 0.6) is 0 Å². The van der Waals surface area contributed by atoms with E-state index in [4.69, 9.17) is 0 Å². The lowest BCUT2D eigenvalue weighted by molar-refractivity contribution is 0.601. The predicted octanol–water partition coefficient (Wildman–Crippen LogP) is 1.48. The van der Waals surface area contributed by atoms with Crippen LogP contribution >= 0.6 is 0 Å². The zero-order chi connectivity index (χ0) is 13.2. The van der Waals surface area contributed by atoms with E-state index in [-0.39, 0.29) is 10.8 Å². The summed E-state index contributed by atoms with van der Waals surface area (Å²) in [5, 5.41) is 6.31. The SMILES string of the molecule is CCc1ccc(S(=O)(=O)Nc2n[nH]c(C)n2)cc1. The minimum atomic E-state index is -3.62. The highest BCUT2D eigenvalue weighted by Crippen LogP contribution is 2.14. The van der Waals surface area contributed by atoms with Crippen LogP contribution in [0.4, 0.5) is 5.95 Å². The third kappa shape index (κ3) is 2.67. The fraction of sp³-hybridized carbons (Fsp3) is 0.273. The first-order valence-corrected chi connectivity index (χ1v) is 7.00. The number of aromatic nitrogens is 3. The summed E-state index contributed by atoms with van der Waals surface area (Å²) in [6.07, 6.45) is 0.869. The van der Waals surface area contributed by atoms with Gasteiger partial charge in [-0.3, -0.25) is 5.10 Å². The number of hydrogen-bond acceptors (Lipinski definition) is 4. The maximum atomic E-state index is 12.0. The molecule has 0 aliphatic carbocycles. The highest BCUT2D eigenvalue weighted by molar-refractivity contribution is 7.92. The summed E-state index contributed by atoms with van der Waals surface area (Å²) in [7, 11) is -3.62. The molecule has 2 N–H and O–H groups in total. The Morgan fingerprint density at radius 2 is 1.94 bits per heavy atom. The minimum absolute atomic E-state index is 0.0482. The van der Waals surface area contributed by atoms with Crippen molar-refractivity contribution in [1.29, 1.82) is 0 Å². The summed E-state index contributed by atoms with van der Waals surface area (Å²) >= 11 is 0. The van der Waals surface area contributed by atoms with Gasteiger partial charge in [-0.2, -0.15) is 4.98 Å². The van der Waals surface area contributed by atoms with Crippen LogP contribution in [0.1, 0.15) is 18.3 Å². The maximum absolute atomic E-state index is 12.0. The lowest BCUT2D eigenvalue weighted by Crippen LogP contribution is -2.14. The largest absolute Gasteiger partial charge is 0.264 e. The van der Waals surface area contributed by atoms with E-state index in [0.29, 0.717) is 5.82 Å². The maximum Gasteiger partial charge on any atom is 0.264 e. The lowest BCUT2D eigenvalue weighted by atomic mass is 10.2. The molecule has 1 heterocycles. The van der Waals surface area contributed by atoms with E-state index in [1.165, 1.54) is 0 Å². The van der Waals surface area contributed by atoms with Gasteiger partial charge in [0.1, 0.15) is 5.82 Å². The third-order valence-corrected chi connectivity index (χ3v) is 3.81. The number of benzene rings is 1. The van der Waals surface area contributed by atoms with Crippen LogP contribution in [0.2, 0.25) is 0 Å². The number of sulfonamides is 1. The molecule has 0 saturated carbocycles. The Balaban J connectivity index is 2.24. The molecule has 0 atom stereocenters. The molecule has 0 unspecified atom stereocenters. The topological polar surface area (TPSA) is 87.7 Å². The van der Waals surface area contributed by atoms with E-state index in [1.807, 2.05) is 6.92 Å². The lowest BCUT2D eigenvalue weighted by Gasteiger charge is -2.05. The van der Waals surface area contributed by atoms with Crippen molar-refractivity contribution in [3.63, 3.8) is 0 Å². The quantitative estimate of drug-likeness (QED) is 0.877. The van der Waals surface area contributed by atoms with E-state index in [9.17, 15) is 8.42 Å². The smallest absolute Gasteiger partial charge is 0.261 e. The molecule has 0 radical (unpaired) electrons. The van der Waals surface area contributed by atoms with Crippen LogP contribution in [0.25, 0.3) is 0 Å². The number of aryl methyl sites for hydroxylation is 2. The van der Waals surface area contributed by atoms with Crippen LogP contribution in [0.3, 0.4) is 0 Å². The normalized spacial score (nSPS) is 11.4. The summed E-state index contributed by atoms with van der Waals surface area (Å²) in [5.41, 5.74) is 1.09. The molecule has 1 aromatic carbocycles. The van der Waals surface area contributed by atoms with Crippen molar-refractivity contribution >= 4 is 16.0 Å². The van der Waals surface area contributed by atoms with Crippen molar-refractivity contribution in [2.24, 2.45) is 0 Å². The Morgan fingerprint density at radius 3 is 2.44 bits per heavy atom. The van der Waals surface area contributed by atoms with Gasteiger partial charge in [0, 0.05) is 0 Å². The van der Waals surface area contributed by atoms with Crippen molar-refractivity contribution in [2.45, 2.75) is 25.2 Å². The number of nitrogens with one attached hydrogen (secondary N) is 2. The first-order valence-electron chi connectivity index (χ1n) is 5.52. The Kier molecular flexibility index (Phi) is 3.33. The molecule has 7 heteroatoms. The Morgan fingerprint density at radius 1 is 1.28 bits per heavy atom. The molecule has 2 aromatic rings. The predicted molar refractivity (Wildman–Crippen MR) is 67.7 cm³/mol. The van der Waals surface area contributed by atoms with Gasteiger partial charge in [0.05, 0.1) is 4.90 Å². The molecule has 0 spiro atoms. The van der Waals surface area contributed by atoms with E-state index < -0.39 is 10.0 Å². The number of nitrogens with zero attached hydrogens (tertiary/aromatic N) is 2. The van der Waals surface area contributed by atoms with Gasteiger partial charge >= 0.3 is 0 Å². The van der Waals surface area contributed by atoms with Crippen molar-refractivity contribution in [2.75, 3.05) is 4.72 Å². The molecule has 0 saturated heterocycles. The number of anilines is 1. The van der Waals surface area contributed by atoms with Gasteiger partial charge in [0.2, 0.25) is 0 Å². The molecular formula is C11H14N4O2S. The van der Waals surface area contributed by atoms with Crippen molar-refractivity contribution in [3.05, 3.63) is 35.7 Å². The van der Waals surface area contributed by atoms with Gasteiger partial charge in [-0.25, -0.2) is 13.1 Å². The molecule has 0 aliphatic heterocycles. The summed E-state index contributed by atoms with van der Waals surface area (Å²) in [6, 6.07) is 6.72. The molecule has 0 amide bonds. The molecule has 1 aromatic heterocycles. The molecular weight excluding hydrogens is 252 g/mol. The molecule has 0 fully saturated rings. The summed E-state index contributed by atoms with van der Waals surface area (Å²) < 4.78 is 26.3. The van der Waals surface area contributed by atoms with E-state index >= 15 is 0 Å². The molecule has 96 valence electrons. The first-order chi connectivity index (χ1) is 8.51. The van der Waals surface area contributed by atoms with Crippen molar-refractivity contribution in [1.82, 2.24) is 15.2 Å². The number of hydrogen-bond donors (Lipinski definition) is 2. The molecule has 0 bridgehead atoms. The third-order valence-electron chi connectivity index (χ3n) is 2.46. The summed E-state index contributed by atoms with van der Waals surface area (Å²) in [5.74, 6) is 0.598. The van der Waals surface area contributed by atoms with Gasteiger partial charge < -0.3 is 0 Å². The van der Waals surface area contributed by atoms with Crippen LogP contribution in [0.15, 0.2) is 29.2 Å². The van der Waals surface area contributed by atoms with Crippen LogP contribution < -0.4 is 4.72 Å². The van der Waals surface area contributed by atoms with E-state index in [1.54, 1.807) is 31.2 Å². The number of aromatic amines is 1. The highest BCUT2D eigenvalue weighted by Gasteiger charge is 2.15. The van der Waals surface area contributed by atoms with Gasteiger partial charge in [-0.05, 0) is 31.0 Å². The molecule has 2 rings (SSSR count). The average Bonchev–Trinajstić information content (AvgIpc) is 2.74. The minimum Gasteiger partial charge on any atom is -0.261 e. The van der Waals surface area contributed by atoms with Crippen LogP contribution in [-0.2, 0) is 16.4 Å². The fourth-order valence-corrected chi connectivity index (χ4v) is 2.42. The van der Waals surface area contributed by atoms with Gasteiger partial charge in [-0.1, -0.05) is 19.1 Å². The van der Waals surface area contributed by atoms with Crippen molar-refractivity contribution in [3.8, 4) is 0 Å². The molecule has 18 heavy (non-hydrogen) atoms. The summed E-state index contributed by atoms with van der Waals surface area (Å²) in [4.78, 5) is 4.09. The summed E-state index contributed by atoms with van der Waals surface area (Å²) in [6.45, 7) is 3.71. The van der Waals surface area contributed by atoms with Crippen LogP contribution in [-0.4, -0.2) is 23.6 Å². The van der Waals surface area contributed by atoms with Crippen molar-refractivity contribution < 1.29 is 8.42 Å². The van der Waals surface area contributed by atoms with Crippen LogP contribution in [0, 0.1) is 6.92 Å². The first kappa shape index (κ1) is 12.6. The fourth-order valence-electron chi connectivity index (χ4n) is 1.47. The Bertz CT molecular complexity index is 631. The van der Waals surface area contributed by atoms with E-state index in [2.05, 4.69) is 19.9 Å². The number of rotatable bonds is 4. The zero-order valence-electron chi connectivity index (χ0n) is 10.1.